The lowest BCUT2D eigenvalue weighted by molar-refractivity contribution is -0.0201. The van der Waals surface area contributed by atoms with Gasteiger partial charge in [-0.25, -0.2) is 4.98 Å². The summed E-state index contributed by atoms with van der Waals surface area (Å²) >= 11 is 0. The fourth-order valence-corrected chi connectivity index (χ4v) is 1.65. The number of nitrogens with one attached hydrogen (secondary N) is 1. The van der Waals surface area contributed by atoms with Gasteiger partial charge in [0.05, 0.1) is 11.3 Å². The first-order valence-corrected chi connectivity index (χ1v) is 6.11. The lowest BCUT2D eigenvalue weighted by Crippen LogP contribution is -2.23. The second-order valence-corrected chi connectivity index (χ2v) is 4.27. The number of methoxy groups -OCH3 is 1. The van der Waals surface area contributed by atoms with Crippen molar-refractivity contribution in [1.29, 1.82) is 5.41 Å². The molecule has 1 aromatic heterocycles. The van der Waals surface area contributed by atoms with E-state index in [0.717, 1.165) is 5.56 Å². The Morgan fingerprint density at radius 1 is 1.25 bits per heavy atom. The van der Waals surface area contributed by atoms with Crippen LogP contribution in [0.2, 0.25) is 0 Å². The van der Waals surface area contributed by atoms with Crippen LogP contribution < -0.4 is 4.74 Å². The first-order valence-electron chi connectivity index (χ1n) is 6.11. The Morgan fingerprint density at radius 3 is 2.60 bits per heavy atom. The normalized spacial score (nSPS) is 11.9. The zero-order valence-electron chi connectivity index (χ0n) is 11.3. The molecule has 5 heteroatoms. The zero-order valence-corrected chi connectivity index (χ0v) is 11.3. The van der Waals surface area contributed by atoms with E-state index in [9.17, 15) is 5.11 Å². The van der Waals surface area contributed by atoms with E-state index in [4.69, 9.17) is 14.9 Å². The predicted molar refractivity (Wildman–Crippen MR) is 75.3 cm³/mol. The molecule has 0 aliphatic carbocycles. The molecule has 0 bridgehead atoms. The van der Waals surface area contributed by atoms with Crippen molar-refractivity contribution in [3.8, 4) is 11.6 Å². The van der Waals surface area contributed by atoms with Crippen molar-refractivity contribution >= 4 is 5.71 Å². The Bertz CT molecular complexity index is 596. The fraction of sp³-hybridized carbons (Fsp3) is 0.200. The van der Waals surface area contributed by atoms with E-state index in [1.807, 2.05) is 31.2 Å². The Balaban J connectivity index is 2.28. The largest absolute Gasteiger partial charge is 0.438 e. The Labute approximate surface area is 117 Å². The summed E-state index contributed by atoms with van der Waals surface area (Å²) in [6.45, 7) is 1.99. The maximum absolute atomic E-state index is 9.58. The number of aryl methyl sites for hydroxylation is 1. The average molecular weight is 272 g/mol. The number of ether oxygens (including phenoxy) is 2. The quantitative estimate of drug-likeness (QED) is 0.647. The lowest BCUT2D eigenvalue weighted by atomic mass is 10.1. The highest BCUT2D eigenvalue weighted by molar-refractivity contribution is 6.02. The van der Waals surface area contributed by atoms with Crippen molar-refractivity contribution in [2.24, 2.45) is 0 Å². The molecule has 5 nitrogen and oxygen atoms in total. The summed E-state index contributed by atoms with van der Waals surface area (Å²) in [5.74, 6) is 0.882. The molecule has 0 saturated carbocycles. The molecule has 0 aliphatic rings. The molecule has 1 aromatic carbocycles. The molecular weight excluding hydrogens is 256 g/mol. The van der Waals surface area contributed by atoms with E-state index in [1.165, 1.54) is 7.11 Å². The summed E-state index contributed by atoms with van der Waals surface area (Å²) in [6, 6.07) is 10.8. The van der Waals surface area contributed by atoms with Gasteiger partial charge in [-0.3, -0.25) is 5.41 Å². The van der Waals surface area contributed by atoms with Crippen molar-refractivity contribution in [3.63, 3.8) is 0 Å². The SMILES string of the molecule is COC(O)C(=N)c1cccnc1Oc1ccc(C)cc1. The van der Waals surface area contributed by atoms with Gasteiger partial charge >= 0.3 is 0 Å². The second kappa shape index (κ2) is 6.27. The van der Waals surface area contributed by atoms with Crippen LogP contribution in [0.1, 0.15) is 11.1 Å². The van der Waals surface area contributed by atoms with Crippen LogP contribution in [0.15, 0.2) is 42.6 Å². The number of aliphatic hydroxyl groups is 1. The van der Waals surface area contributed by atoms with E-state index in [-0.39, 0.29) is 11.6 Å². The van der Waals surface area contributed by atoms with Crippen LogP contribution in [-0.2, 0) is 4.74 Å². The number of benzene rings is 1. The van der Waals surface area contributed by atoms with Crippen molar-refractivity contribution < 1.29 is 14.6 Å². The highest BCUT2D eigenvalue weighted by Crippen LogP contribution is 2.24. The second-order valence-electron chi connectivity index (χ2n) is 4.27. The molecule has 0 fully saturated rings. The van der Waals surface area contributed by atoms with Crippen molar-refractivity contribution in [2.45, 2.75) is 13.2 Å². The molecule has 0 spiro atoms. The van der Waals surface area contributed by atoms with Gasteiger partial charge in [0.2, 0.25) is 5.88 Å². The highest BCUT2D eigenvalue weighted by Gasteiger charge is 2.17. The molecule has 2 rings (SSSR count). The van der Waals surface area contributed by atoms with Crippen molar-refractivity contribution in [3.05, 3.63) is 53.7 Å². The lowest BCUT2D eigenvalue weighted by Gasteiger charge is -2.13. The van der Waals surface area contributed by atoms with Crippen LogP contribution in [0.25, 0.3) is 0 Å². The van der Waals surface area contributed by atoms with Crippen LogP contribution in [0.5, 0.6) is 11.6 Å². The fourth-order valence-electron chi connectivity index (χ4n) is 1.65. The third kappa shape index (κ3) is 3.20. The van der Waals surface area contributed by atoms with Gasteiger partial charge in [0.15, 0.2) is 6.29 Å². The first kappa shape index (κ1) is 14.2. The summed E-state index contributed by atoms with van der Waals surface area (Å²) in [5, 5.41) is 17.5. The predicted octanol–water partition coefficient (Wildman–Crippen LogP) is 2.51. The highest BCUT2D eigenvalue weighted by atomic mass is 16.6. The maximum Gasteiger partial charge on any atom is 0.228 e. The number of aliphatic hydroxyl groups excluding tert-OH is 1. The van der Waals surface area contributed by atoms with Gasteiger partial charge in [-0.2, -0.15) is 0 Å². The monoisotopic (exact) mass is 272 g/mol. The molecule has 0 amide bonds. The molecule has 0 saturated heterocycles. The van der Waals surface area contributed by atoms with Gasteiger partial charge in [-0.15, -0.1) is 0 Å². The van der Waals surface area contributed by atoms with Gasteiger partial charge in [0, 0.05) is 13.3 Å². The molecule has 1 heterocycles. The average Bonchev–Trinajstić information content (AvgIpc) is 2.48. The van der Waals surface area contributed by atoms with E-state index in [2.05, 4.69) is 4.98 Å². The minimum atomic E-state index is -1.31. The molecule has 2 aromatic rings. The van der Waals surface area contributed by atoms with E-state index >= 15 is 0 Å². The Kier molecular flexibility index (Phi) is 4.45. The van der Waals surface area contributed by atoms with Crippen molar-refractivity contribution in [1.82, 2.24) is 4.98 Å². The van der Waals surface area contributed by atoms with Crippen LogP contribution in [0.4, 0.5) is 0 Å². The molecule has 0 radical (unpaired) electrons. The molecule has 1 unspecified atom stereocenters. The minimum absolute atomic E-state index is 0.0947. The number of hydrogen-bond acceptors (Lipinski definition) is 5. The number of aromatic nitrogens is 1. The Morgan fingerprint density at radius 2 is 1.95 bits per heavy atom. The number of pyridine rings is 1. The van der Waals surface area contributed by atoms with E-state index in [1.54, 1.807) is 18.3 Å². The molecule has 20 heavy (non-hydrogen) atoms. The topological polar surface area (TPSA) is 75.4 Å². The zero-order chi connectivity index (χ0) is 14.5. The molecular formula is C15H16N2O3. The minimum Gasteiger partial charge on any atom is -0.438 e. The summed E-state index contributed by atoms with van der Waals surface area (Å²) in [5.41, 5.74) is 1.42. The summed E-state index contributed by atoms with van der Waals surface area (Å²) in [4.78, 5) is 4.10. The number of rotatable bonds is 5. The van der Waals surface area contributed by atoms with E-state index in [0.29, 0.717) is 11.3 Å². The first-order chi connectivity index (χ1) is 9.61. The van der Waals surface area contributed by atoms with Crippen LogP contribution >= 0.6 is 0 Å². The van der Waals surface area contributed by atoms with Crippen LogP contribution in [0.3, 0.4) is 0 Å². The third-order valence-corrected chi connectivity index (χ3v) is 2.77. The summed E-state index contributed by atoms with van der Waals surface area (Å²) < 4.78 is 10.4. The Hall–Kier alpha value is -2.24. The number of hydrogen-bond donors (Lipinski definition) is 2. The molecule has 1 atom stereocenters. The van der Waals surface area contributed by atoms with Gasteiger partial charge in [-0.05, 0) is 31.2 Å². The smallest absolute Gasteiger partial charge is 0.228 e. The number of nitrogens with zero attached hydrogens (tertiary/aromatic N) is 1. The van der Waals surface area contributed by atoms with Crippen LogP contribution in [0, 0.1) is 12.3 Å². The molecule has 0 aliphatic heterocycles. The molecule has 104 valence electrons. The third-order valence-electron chi connectivity index (χ3n) is 2.77. The van der Waals surface area contributed by atoms with Crippen molar-refractivity contribution in [2.75, 3.05) is 7.11 Å². The van der Waals surface area contributed by atoms with Gasteiger partial charge < -0.3 is 14.6 Å². The van der Waals surface area contributed by atoms with Gasteiger partial charge in [-0.1, -0.05) is 17.7 Å². The summed E-state index contributed by atoms with van der Waals surface area (Å²) in [6.07, 6.45) is 0.263. The van der Waals surface area contributed by atoms with E-state index < -0.39 is 6.29 Å². The van der Waals surface area contributed by atoms with Gasteiger partial charge in [0.25, 0.3) is 0 Å². The standard InChI is InChI=1S/C15H16N2O3/c1-10-5-7-11(8-6-10)20-14-12(4-3-9-17-14)13(16)15(18)19-2/h3-9,15-16,18H,1-2H3. The summed E-state index contributed by atoms with van der Waals surface area (Å²) in [7, 11) is 1.33. The van der Waals surface area contributed by atoms with Crippen LogP contribution in [-0.4, -0.2) is 29.2 Å². The van der Waals surface area contributed by atoms with Gasteiger partial charge in [0.1, 0.15) is 5.75 Å². The molecule has 2 N–H and O–H groups in total. The maximum atomic E-state index is 9.58.